The zero-order valence-electron chi connectivity index (χ0n) is 11.5. The fourth-order valence-electron chi connectivity index (χ4n) is 1.77. The fraction of sp³-hybridized carbons (Fsp3) is 0.357. The van der Waals surface area contributed by atoms with Crippen LogP contribution < -0.4 is 5.32 Å². The first-order chi connectivity index (χ1) is 10.1. The van der Waals surface area contributed by atoms with E-state index in [2.05, 4.69) is 10.3 Å². The molecule has 0 saturated heterocycles. The number of aliphatic carboxylic acids is 1. The molecule has 0 fully saturated rings. The molecule has 0 aromatic carbocycles. The van der Waals surface area contributed by atoms with Gasteiger partial charge in [-0.15, -0.1) is 11.3 Å². The molecule has 0 saturated carbocycles. The summed E-state index contributed by atoms with van der Waals surface area (Å²) in [5.41, 5.74) is 0.646. The van der Waals surface area contributed by atoms with Crippen molar-refractivity contribution in [2.24, 2.45) is 5.92 Å². The summed E-state index contributed by atoms with van der Waals surface area (Å²) in [5.74, 6) is -1.01. The molecule has 1 unspecified atom stereocenters. The first-order valence-corrected chi connectivity index (χ1v) is 7.46. The molecule has 0 spiro atoms. The third kappa shape index (κ3) is 4.16. The Morgan fingerprint density at radius 2 is 2.33 bits per heavy atom. The minimum atomic E-state index is -0.897. The van der Waals surface area contributed by atoms with Gasteiger partial charge in [0.2, 0.25) is 5.91 Å². The Hall–Kier alpha value is -2.15. The van der Waals surface area contributed by atoms with Gasteiger partial charge < -0.3 is 14.8 Å². The van der Waals surface area contributed by atoms with Crippen molar-refractivity contribution in [3.8, 4) is 10.8 Å². The van der Waals surface area contributed by atoms with E-state index in [1.165, 1.54) is 11.3 Å². The van der Waals surface area contributed by atoms with Crippen molar-refractivity contribution in [3.05, 3.63) is 29.5 Å². The maximum Gasteiger partial charge on any atom is 0.308 e. The average molecular weight is 308 g/mol. The van der Waals surface area contributed by atoms with Gasteiger partial charge in [0.25, 0.3) is 0 Å². The Balaban J connectivity index is 1.87. The first kappa shape index (κ1) is 15.2. The zero-order valence-corrected chi connectivity index (χ0v) is 12.4. The Bertz CT molecular complexity index is 606. The monoisotopic (exact) mass is 308 g/mol. The maximum atomic E-state index is 11.8. The second-order valence-electron chi connectivity index (χ2n) is 4.55. The lowest BCUT2D eigenvalue weighted by molar-refractivity contribution is -0.141. The Labute approximate surface area is 125 Å². The molecule has 0 bridgehead atoms. The third-order valence-electron chi connectivity index (χ3n) is 3.01. The summed E-state index contributed by atoms with van der Waals surface area (Å²) in [6.07, 6.45) is 2.18. The predicted octanol–water partition coefficient (Wildman–Crippen LogP) is 2.17. The lowest BCUT2D eigenvalue weighted by Gasteiger charge is -2.10. The van der Waals surface area contributed by atoms with Crippen LogP contribution >= 0.6 is 11.3 Å². The van der Waals surface area contributed by atoms with Gasteiger partial charge in [0.15, 0.2) is 10.8 Å². The standard InChI is InChI=1S/C14H16N2O4S/c1-2-9(14(18)19)7-15-12(17)6-10-8-21-13(16-10)11-4-3-5-20-11/h3-5,8-9H,2,6-7H2,1H3,(H,15,17)(H,18,19). The van der Waals surface area contributed by atoms with Crippen LogP contribution in [-0.4, -0.2) is 28.5 Å². The van der Waals surface area contributed by atoms with Crippen molar-refractivity contribution in [1.29, 1.82) is 0 Å². The first-order valence-electron chi connectivity index (χ1n) is 6.58. The summed E-state index contributed by atoms with van der Waals surface area (Å²) in [6, 6.07) is 3.58. The number of nitrogens with one attached hydrogen (secondary N) is 1. The highest BCUT2D eigenvalue weighted by Crippen LogP contribution is 2.23. The lowest BCUT2D eigenvalue weighted by atomic mass is 10.1. The summed E-state index contributed by atoms with van der Waals surface area (Å²) in [4.78, 5) is 27.0. The summed E-state index contributed by atoms with van der Waals surface area (Å²) < 4.78 is 5.24. The number of carbonyl (C=O) groups is 2. The van der Waals surface area contributed by atoms with E-state index in [1.807, 2.05) is 0 Å². The largest absolute Gasteiger partial charge is 0.481 e. The van der Waals surface area contributed by atoms with Gasteiger partial charge in [0.05, 0.1) is 24.3 Å². The van der Waals surface area contributed by atoms with Crippen molar-refractivity contribution in [1.82, 2.24) is 10.3 Å². The Morgan fingerprint density at radius 3 is 2.95 bits per heavy atom. The molecule has 7 heteroatoms. The average Bonchev–Trinajstić information content (AvgIpc) is 3.09. The SMILES string of the molecule is CCC(CNC(=O)Cc1csc(-c2ccco2)n1)C(=O)O. The maximum absolute atomic E-state index is 11.8. The van der Waals surface area contributed by atoms with E-state index in [9.17, 15) is 9.59 Å². The second kappa shape index (κ2) is 7.03. The Kier molecular flexibility index (Phi) is 5.10. The number of carboxylic acids is 1. The van der Waals surface area contributed by atoms with Gasteiger partial charge in [0, 0.05) is 11.9 Å². The highest BCUT2D eigenvalue weighted by atomic mass is 32.1. The van der Waals surface area contributed by atoms with Gasteiger partial charge >= 0.3 is 5.97 Å². The topological polar surface area (TPSA) is 92.4 Å². The molecular formula is C14H16N2O4S. The van der Waals surface area contributed by atoms with Gasteiger partial charge in [-0.1, -0.05) is 6.92 Å². The van der Waals surface area contributed by atoms with Crippen molar-refractivity contribution in [2.45, 2.75) is 19.8 Å². The summed E-state index contributed by atoms with van der Waals surface area (Å²) in [5, 5.41) is 14.1. The quantitative estimate of drug-likeness (QED) is 0.818. The number of furan rings is 1. The van der Waals surface area contributed by atoms with E-state index in [0.717, 1.165) is 5.01 Å². The van der Waals surface area contributed by atoms with Crippen molar-refractivity contribution < 1.29 is 19.1 Å². The lowest BCUT2D eigenvalue weighted by Crippen LogP contribution is -2.33. The molecular weight excluding hydrogens is 292 g/mol. The summed E-state index contributed by atoms with van der Waals surface area (Å²) >= 11 is 1.40. The highest BCUT2D eigenvalue weighted by molar-refractivity contribution is 7.13. The molecule has 21 heavy (non-hydrogen) atoms. The van der Waals surface area contributed by atoms with E-state index >= 15 is 0 Å². The molecule has 2 rings (SSSR count). The van der Waals surface area contributed by atoms with Gasteiger partial charge in [-0.05, 0) is 18.6 Å². The molecule has 2 N–H and O–H groups in total. The molecule has 2 heterocycles. The van der Waals surface area contributed by atoms with Crippen LogP contribution in [0.2, 0.25) is 0 Å². The molecule has 2 aromatic rings. The van der Waals surface area contributed by atoms with Gasteiger partial charge in [-0.25, -0.2) is 4.98 Å². The van der Waals surface area contributed by atoms with Crippen LogP contribution in [0.25, 0.3) is 10.8 Å². The number of carboxylic acid groups (broad SMARTS) is 1. The van der Waals surface area contributed by atoms with Gasteiger partial charge in [-0.3, -0.25) is 9.59 Å². The number of thiazole rings is 1. The second-order valence-corrected chi connectivity index (χ2v) is 5.40. The van der Waals surface area contributed by atoms with Crippen molar-refractivity contribution in [2.75, 3.05) is 6.54 Å². The summed E-state index contributed by atoms with van der Waals surface area (Å²) in [6.45, 7) is 1.92. The van der Waals surface area contributed by atoms with E-state index < -0.39 is 11.9 Å². The van der Waals surface area contributed by atoms with Crippen LogP contribution in [0.4, 0.5) is 0 Å². The minimum absolute atomic E-state index is 0.132. The number of carbonyl (C=O) groups excluding carboxylic acids is 1. The van der Waals surface area contributed by atoms with Crippen LogP contribution in [0, 0.1) is 5.92 Å². The molecule has 0 radical (unpaired) electrons. The van der Waals surface area contributed by atoms with E-state index in [-0.39, 0.29) is 18.9 Å². The van der Waals surface area contributed by atoms with Crippen LogP contribution in [0.3, 0.4) is 0 Å². The molecule has 0 aliphatic carbocycles. The van der Waals surface area contributed by atoms with Crippen LogP contribution in [0.1, 0.15) is 19.0 Å². The fourth-order valence-corrected chi connectivity index (χ4v) is 2.56. The number of aromatic nitrogens is 1. The van der Waals surface area contributed by atoms with Gasteiger partial charge in [-0.2, -0.15) is 0 Å². The molecule has 1 amide bonds. The van der Waals surface area contributed by atoms with Crippen LogP contribution in [-0.2, 0) is 16.0 Å². The van der Waals surface area contributed by atoms with Crippen LogP contribution in [0.5, 0.6) is 0 Å². The van der Waals surface area contributed by atoms with Crippen molar-refractivity contribution >= 4 is 23.2 Å². The number of nitrogens with zero attached hydrogens (tertiary/aromatic N) is 1. The van der Waals surface area contributed by atoms with Crippen molar-refractivity contribution in [3.63, 3.8) is 0 Å². The van der Waals surface area contributed by atoms with E-state index in [1.54, 1.807) is 30.7 Å². The third-order valence-corrected chi connectivity index (χ3v) is 3.92. The molecule has 0 aliphatic rings. The zero-order chi connectivity index (χ0) is 15.2. The minimum Gasteiger partial charge on any atom is -0.481 e. The Morgan fingerprint density at radius 1 is 1.52 bits per heavy atom. The number of hydrogen-bond acceptors (Lipinski definition) is 5. The van der Waals surface area contributed by atoms with E-state index in [0.29, 0.717) is 17.9 Å². The normalized spacial score (nSPS) is 12.0. The number of rotatable bonds is 7. The number of amides is 1. The van der Waals surface area contributed by atoms with E-state index in [4.69, 9.17) is 9.52 Å². The smallest absolute Gasteiger partial charge is 0.308 e. The van der Waals surface area contributed by atoms with Crippen LogP contribution in [0.15, 0.2) is 28.2 Å². The molecule has 0 aliphatic heterocycles. The van der Waals surface area contributed by atoms with Gasteiger partial charge in [0.1, 0.15) is 0 Å². The number of hydrogen-bond donors (Lipinski definition) is 2. The predicted molar refractivity (Wildman–Crippen MR) is 77.9 cm³/mol. The molecule has 2 aromatic heterocycles. The highest BCUT2D eigenvalue weighted by Gasteiger charge is 2.16. The molecule has 112 valence electrons. The summed E-state index contributed by atoms with van der Waals surface area (Å²) in [7, 11) is 0. The molecule has 6 nitrogen and oxygen atoms in total. The molecule has 1 atom stereocenters.